The molecule has 0 N–H and O–H groups in total. The lowest BCUT2D eigenvalue weighted by molar-refractivity contribution is 0.666. The van der Waals surface area contributed by atoms with Gasteiger partial charge in [0.05, 0.1) is 11.4 Å². The molecule has 0 saturated carbocycles. The number of nitrogens with zero attached hydrogens (tertiary/aromatic N) is 1. The molecule has 49 heavy (non-hydrogen) atoms. The van der Waals surface area contributed by atoms with E-state index in [2.05, 4.69) is 169 Å². The van der Waals surface area contributed by atoms with Crippen molar-refractivity contribution in [2.24, 2.45) is 0 Å². The van der Waals surface area contributed by atoms with E-state index in [0.29, 0.717) is 0 Å². The zero-order valence-electron chi connectivity index (χ0n) is 26.5. The van der Waals surface area contributed by atoms with E-state index in [1.54, 1.807) is 0 Å². The molecule has 0 fully saturated rings. The third-order valence-electron chi connectivity index (χ3n) is 9.65. The Morgan fingerprint density at radius 3 is 1.78 bits per heavy atom. The second-order valence-electron chi connectivity index (χ2n) is 12.5. The average molecular weight is 628 g/mol. The van der Waals surface area contributed by atoms with Crippen LogP contribution >= 0.6 is 0 Å². The zero-order chi connectivity index (χ0) is 32.3. The van der Waals surface area contributed by atoms with Crippen molar-refractivity contribution in [3.63, 3.8) is 0 Å². The van der Waals surface area contributed by atoms with Crippen molar-refractivity contribution in [3.8, 4) is 22.3 Å². The first-order valence-electron chi connectivity index (χ1n) is 16.6. The summed E-state index contributed by atoms with van der Waals surface area (Å²) in [6.45, 7) is 0. The minimum atomic E-state index is 0.826. The smallest absolute Gasteiger partial charge is 0.160 e. The molecule has 0 aliphatic rings. The first kappa shape index (κ1) is 27.5. The molecule has 8 aromatic carbocycles. The van der Waals surface area contributed by atoms with Gasteiger partial charge in [-0.25, -0.2) is 0 Å². The first-order valence-corrected chi connectivity index (χ1v) is 16.6. The molecule has 0 saturated heterocycles. The van der Waals surface area contributed by atoms with Gasteiger partial charge in [-0.05, 0) is 69.9 Å². The third-order valence-corrected chi connectivity index (χ3v) is 9.65. The summed E-state index contributed by atoms with van der Waals surface area (Å²) in [5, 5.41) is 6.67. The number of rotatable bonds is 5. The number of benzene rings is 8. The molecule has 3 nitrogen and oxygen atoms in total. The van der Waals surface area contributed by atoms with Crippen molar-refractivity contribution in [2.45, 2.75) is 0 Å². The maximum atomic E-state index is 6.97. The highest BCUT2D eigenvalue weighted by atomic mass is 16.3. The summed E-state index contributed by atoms with van der Waals surface area (Å²) in [7, 11) is 0. The van der Waals surface area contributed by atoms with Gasteiger partial charge in [-0.2, -0.15) is 0 Å². The highest BCUT2D eigenvalue weighted by Gasteiger charge is 2.26. The van der Waals surface area contributed by atoms with Crippen LogP contribution in [0.15, 0.2) is 185 Å². The minimum absolute atomic E-state index is 0.826. The molecule has 0 unspecified atom stereocenters. The molecule has 2 heterocycles. The summed E-state index contributed by atoms with van der Waals surface area (Å²) in [4.78, 5) is 2.33. The molecule has 0 amide bonds. The summed E-state index contributed by atoms with van der Waals surface area (Å²) < 4.78 is 13.7. The maximum Gasteiger partial charge on any atom is 0.160 e. The molecule has 0 aliphatic heterocycles. The van der Waals surface area contributed by atoms with Crippen LogP contribution in [-0.2, 0) is 0 Å². The van der Waals surface area contributed by atoms with E-state index in [-0.39, 0.29) is 0 Å². The lowest BCUT2D eigenvalue weighted by Crippen LogP contribution is -2.12. The molecule has 0 radical (unpaired) electrons. The van der Waals surface area contributed by atoms with Gasteiger partial charge in [0, 0.05) is 32.8 Å². The van der Waals surface area contributed by atoms with E-state index in [0.717, 1.165) is 83.0 Å². The van der Waals surface area contributed by atoms with Crippen LogP contribution in [-0.4, -0.2) is 0 Å². The fourth-order valence-electron chi connectivity index (χ4n) is 7.31. The standard InChI is InChI=1S/C46H29NO2/c1-3-12-30(13-4-1)31-22-24-35(25-23-31)47(41-20-11-19-38-37-18-9-10-21-42(37)48-45(38)41)44-36(32-14-5-2-6-15-32)26-27-39-40-28-33-16-7-8-17-34(33)29-43(40)49-46(39)44/h1-29H. The number of hydrogen-bond acceptors (Lipinski definition) is 3. The van der Waals surface area contributed by atoms with Crippen LogP contribution in [0.1, 0.15) is 0 Å². The molecule has 3 heteroatoms. The highest BCUT2D eigenvalue weighted by molar-refractivity contribution is 6.18. The second kappa shape index (κ2) is 11.0. The number of anilines is 3. The molecule has 10 rings (SSSR count). The predicted molar refractivity (Wildman–Crippen MR) is 204 cm³/mol. The number of hydrogen-bond donors (Lipinski definition) is 0. The first-order chi connectivity index (χ1) is 24.3. The molecule has 10 aromatic rings. The Hall–Kier alpha value is -6.58. The highest BCUT2D eigenvalue weighted by Crippen LogP contribution is 2.50. The van der Waals surface area contributed by atoms with Crippen LogP contribution in [0.25, 0.3) is 76.9 Å². The molecule has 230 valence electrons. The van der Waals surface area contributed by atoms with Gasteiger partial charge in [0.25, 0.3) is 0 Å². The summed E-state index contributed by atoms with van der Waals surface area (Å²) >= 11 is 0. The third kappa shape index (κ3) is 4.44. The molecule has 0 spiro atoms. The lowest BCUT2D eigenvalue weighted by atomic mass is 9.98. The van der Waals surface area contributed by atoms with Crippen molar-refractivity contribution < 1.29 is 8.83 Å². The largest absolute Gasteiger partial charge is 0.454 e. The summed E-state index contributed by atoms with van der Waals surface area (Å²) in [5.74, 6) is 0. The Morgan fingerprint density at radius 2 is 0.980 bits per heavy atom. The summed E-state index contributed by atoms with van der Waals surface area (Å²) in [6, 6.07) is 61.9. The van der Waals surface area contributed by atoms with Crippen molar-refractivity contribution >= 4 is 71.7 Å². The molecule has 0 atom stereocenters. The number of para-hydroxylation sites is 2. The van der Waals surface area contributed by atoms with Gasteiger partial charge in [-0.15, -0.1) is 0 Å². The van der Waals surface area contributed by atoms with Gasteiger partial charge in [-0.1, -0.05) is 133 Å². The van der Waals surface area contributed by atoms with E-state index in [1.807, 2.05) is 12.1 Å². The van der Waals surface area contributed by atoms with Crippen LogP contribution in [0.4, 0.5) is 17.1 Å². The number of fused-ring (bicyclic) bond motifs is 7. The molecular formula is C46H29NO2. The summed E-state index contributed by atoms with van der Waals surface area (Å²) in [6.07, 6.45) is 0. The molecule has 0 aliphatic carbocycles. The van der Waals surface area contributed by atoms with Crippen LogP contribution in [0.3, 0.4) is 0 Å². The second-order valence-corrected chi connectivity index (χ2v) is 12.5. The monoisotopic (exact) mass is 627 g/mol. The Bertz CT molecular complexity index is 2810. The van der Waals surface area contributed by atoms with Gasteiger partial charge < -0.3 is 13.7 Å². The quantitative estimate of drug-likeness (QED) is 0.190. The van der Waals surface area contributed by atoms with E-state index in [9.17, 15) is 0 Å². The lowest BCUT2D eigenvalue weighted by Gasteiger charge is -2.28. The van der Waals surface area contributed by atoms with Crippen molar-refractivity contribution in [2.75, 3.05) is 4.90 Å². The van der Waals surface area contributed by atoms with Crippen molar-refractivity contribution in [1.82, 2.24) is 0 Å². The van der Waals surface area contributed by atoms with Crippen LogP contribution < -0.4 is 4.90 Å². The van der Waals surface area contributed by atoms with E-state index in [1.165, 1.54) is 10.9 Å². The van der Waals surface area contributed by atoms with Gasteiger partial charge in [-0.3, -0.25) is 0 Å². The van der Waals surface area contributed by atoms with Crippen LogP contribution in [0.2, 0.25) is 0 Å². The normalized spacial score (nSPS) is 11.7. The van der Waals surface area contributed by atoms with E-state index in [4.69, 9.17) is 8.83 Å². The van der Waals surface area contributed by atoms with E-state index < -0.39 is 0 Å². The SMILES string of the molecule is c1ccc(-c2ccc(N(c3cccc4c3oc3ccccc34)c3c(-c4ccccc4)ccc4c3oc3cc5ccccc5cc34)cc2)cc1. The van der Waals surface area contributed by atoms with E-state index >= 15 is 0 Å². The fourth-order valence-corrected chi connectivity index (χ4v) is 7.31. The van der Waals surface area contributed by atoms with Gasteiger partial charge >= 0.3 is 0 Å². The Morgan fingerprint density at radius 1 is 0.367 bits per heavy atom. The van der Waals surface area contributed by atoms with Gasteiger partial charge in [0.1, 0.15) is 11.2 Å². The molecule has 2 aromatic heterocycles. The molecular weight excluding hydrogens is 599 g/mol. The average Bonchev–Trinajstić information content (AvgIpc) is 3.73. The topological polar surface area (TPSA) is 29.5 Å². The van der Waals surface area contributed by atoms with Gasteiger partial charge in [0.2, 0.25) is 0 Å². The number of furan rings is 2. The minimum Gasteiger partial charge on any atom is -0.454 e. The Balaban J connectivity index is 1.32. The Kier molecular flexibility index (Phi) is 6.18. The van der Waals surface area contributed by atoms with Gasteiger partial charge in [0.15, 0.2) is 11.2 Å². The van der Waals surface area contributed by atoms with Crippen LogP contribution in [0.5, 0.6) is 0 Å². The Labute approximate surface area is 282 Å². The van der Waals surface area contributed by atoms with Crippen molar-refractivity contribution in [3.05, 3.63) is 176 Å². The van der Waals surface area contributed by atoms with Crippen molar-refractivity contribution in [1.29, 1.82) is 0 Å². The zero-order valence-corrected chi connectivity index (χ0v) is 26.5. The maximum absolute atomic E-state index is 6.97. The predicted octanol–water partition coefficient (Wildman–Crippen LogP) is 13.4. The van der Waals surface area contributed by atoms with Crippen LogP contribution in [0, 0.1) is 0 Å². The summed E-state index contributed by atoms with van der Waals surface area (Å²) in [5.41, 5.74) is 10.8. The fraction of sp³-hybridized carbons (Fsp3) is 0. The molecule has 0 bridgehead atoms.